The first-order valence-corrected chi connectivity index (χ1v) is 6.59. The van der Waals surface area contributed by atoms with Crippen LogP contribution in [0.3, 0.4) is 0 Å². The Morgan fingerprint density at radius 3 is 2.85 bits per heavy atom. The third-order valence-electron chi connectivity index (χ3n) is 2.83. The predicted molar refractivity (Wildman–Crippen MR) is 74.3 cm³/mol. The Morgan fingerprint density at radius 1 is 1.40 bits per heavy atom. The van der Waals surface area contributed by atoms with E-state index in [4.69, 9.17) is 0 Å². The van der Waals surface area contributed by atoms with Gasteiger partial charge in [-0.2, -0.15) is 0 Å². The van der Waals surface area contributed by atoms with Crippen molar-refractivity contribution < 1.29 is 14.4 Å². The number of pyridine rings is 1. The van der Waals surface area contributed by atoms with Crippen LogP contribution in [-0.2, 0) is 4.79 Å². The predicted octanol–water partition coefficient (Wildman–Crippen LogP) is 1.86. The van der Waals surface area contributed by atoms with Crippen molar-refractivity contribution in [1.29, 1.82) is 0 Å². The summed E-state index contributed by atoms with van der Waals surface area (Å²) in [7, 11) is 0. The summed E-state index contributed by atoms with van der Waals surface area (Å²) in [5, 5.41) is 1.81. The van der Waals surface area contributed by atoms with Crippen LogP contribution in [0.5, 0.6) is 0 Å². The number of imidazole rings is 1. The second kappa shape index (κ2) is 4.61. The molecule has 20 heavy (non-hydrogen) atoms. The fraction of sp³-hybridized carbons (Fsp3) is 0.0769. The van der Waals surface area contributed by atoms with E-state index in [1.807, 2.05) is 0 Å². The Hall–Kier alpha value is -2.41. The Kier molecular flexibility index (Phi) is 2.90. The van der Waals surface area contributed by atoms with E-state index in [0.29, 0.717) is 21.8 Å². The lowest BCUT2D eigenvalue weighted by Crippen LogP contribution is -2.17. The van der Waals surface area contributed by atoms with E-state index in [9.17, 15) is 14.4 Å². The van der Waals surface area contributed by atoms with Crippen LogP contribution >= 0.6 is 11.8 Å². The zero-order valence-corrected chi connectivity index (χ0v) is 11.2. The Labute approximate surface area is 117 Å². The molecule has 3 heterocycles. The number of hydrogen-bond acceptors (Lipinski definition) is 5. The van der Waals surface area contributed by atoms with Crippen molar-refractivity contribution in [1.82, 2.24) is 14.7 Å². The van der Waals surface area contributed by atoms with Gasteiger partial charge < -0.3 is 0 Å². The SMILES string of the molecule is CC(=O)c1cnc2ccc(C=C3SC(=O)NC3=O)cn12. The molecule has 2 aromatic heterocycles. The van der Waals surface area contributed by atoms with Crippen molar-refractivity contribution in [3.05, 3.63) is 40.7 Å². The molecule has 1 N–H and O–H groups in total. The maximum Gasteiger partial charge on any atom is 0.290 e. The average molecular weight is 287 g/mol. The lowest BCUT2D eigenvalue weighted by Gasteiger charge is -2.00. The van der Waals surface area contributed by atoms with Crippen LogP contribution in [0.2, 0.25) is 0 Å². The number of carbonyl (C=O) groups excluding carboxylic acids is 3. The third-order valence-corrected chi connectivity index (χ3v) is 3.64. The number of thioether (sulfide) groups is 1. The van der Waals surface area contributed by atoms with E-state index in [0.717, 1.165) is 11.8 Å². The summed E-state index contributed by atoms with van der Waals surface area (Å²) >= 11 is 0.856. The van der Waals surface area contributed by atoms with Gasteiger partial charge in [0.15, 0.2) is 5.78 Å². The summed E-state index contributed by atoms with van der Waals surface area (Å²) in [6.07, 6.45) is 4.83. The number of carbonyl (C=O) groups is 3. The first-order chi connectivity index (χ1) is 9.54. The smallest absolute Gasteiger partial charge is 0.290 e. The molecule has 2 amide bonds. The highest BCUT2D eigenvalue weighted by molar-refractivity contribution is 8.18. The zero-order chi connectivity index (χ0) is 14.3. The van der Waals surface area contributed by atoms with Gasteiger partial charge in [-0.25, -0.2) is 4.98 Å². The van der Waals surface area contributed by atoms with E-state index in [1.54, 1.807) is 28.8 Å². The average Bonchev–Trinajstić information content (AvgIpc) is 2.93. The Balaban J connectivity index is 2.07. The number of ketones is 1. The first-order valence-electron chi connectivity index (χ1n) is 5.77. The summed E-state index contributed by atoms with van der Waals surface area (Å²) in [6, 6.07) is 3.52. The van der Waals surface area contributed by atoms with E-state index < -0.39 is 5.91 Å². The maximum absolute atomic E-state index is 11.5. The molecule has 6 nitrogen and oxygen atoms in total. The summed E-state index contributed by atoms with van der Waals surface area (Å²) < 4.78 is 1.66. The highest BCUT2D eigenvalue weighted by Gasteiger charge is 2.24. The molecular weight excluding hydrogens is 278 g/mol. The summed E-state index contributed by atoms with van der Waals surface area (Å²) in [5.41, 5.74) is 1.84. The largest absolute Gasteiger partial charge is 0.296 e. The topological polar surface area (TPSA) is 80.5 Å². The van der Waals surface area contributed by atoms with Gasteiger partial charge in [0.05, 0.1) is 11.1 Å². The summed E-state index contributed by atoms with van der Waals surface area (Å²) in [4.78, 5) is 38.5. The number of nitrogens with zero attached hydrogens (tertiary/aromatic N) is 2. The van der Waals surface area contributed by atoms with Crippen molar-refractivity contribution >= 4 is 40.4 Å². The van der Waals surface area contributed by atoms with Gasteiger partial charge in [0, 0.05) is 13.1 Å². The molecule has 0 saturated carbocycles. The number of hydrogen-bond donors (Lipinski definition) is 1. The van der Waals surface area contributed by atoms with Crippen molar-refractivity contribution in [2.24, 2.45) is 0 Å². The molecular formula is C13H9N3O3S. The maximum atomic E-state index is 11.5. The molecule has 2 aromatic rings. The van der Waals surface area contributed by atoms with Crippen LogP contribution in [0.15, 0.2) is 29.4 Å². The van der Waals surface area contributed by atoms with Gasteiger partial charge in [-0.15, -0.1) is 0 Å². The number of fused-ring (bicyclic) bond motifs is 1. The number of aromatic nitrogens is 2. The number of Topliss-reactive ketones (excluding diaryl/α,β-unsaturated/α-hetero) is 1. The molecule has 3 rings (SSSR count). The second-order valence-electron chi connectivity index (χ2n) is 4.24. The minimum atomic E-state index is -0.405. The minimum absolute atomic E-state index is 0.0922. The highest BCUT2D eigenvalue weighted by Crippen LogP contribution is 2.25. The van der Waals surface area contributed by atoms with Crippen LogP contribution in [0.1, 0.15) is 23.0 Å². The van der Waals surface area contributed by atoms with E-state index in [2.05, 4.69) is 10.3 Å². The lowest BCUT2D eigenvalue weighted by atomic mass is 10.2. The lowest BCUT2D eigenvalue weighted by molar-refractivity contribution is -0.115. The normalized spacial score (nSPS) is 16.9. The van der Waals surface area contributed by atoms with Gasteiger partial charge >= 0.3 is 0 Å². The first kappa shape index (κ1) is 12.6. The standard InChI is InChI=1S/C13H9N3O3S/c1-7(17)9-5-14-11-3-2-8(6-16(9)11)4-10-12(18)15-13(19)20-10/h2-6H,1H3,(H,15,18,19). The number of amides is 2. The molecule has 0 atom stereocenters. The van der Waals surface area contributed by atoms with Gasteiger partial charge in [-0.1, -0.05) is 0 Å². The molecule has 1 aliphatic heterocycles. The van der Waals surface area contributed by atoms with Crippen LogP contribution in [0.25, 0.3) is 11.7 Å². The molecule has 7 heteroatoms. The number of imide groups is 1. The van der Waals surface area contributed by atoms with Crippen molar-refractivity contribution in [3.63, 3.8) is 0 Å². The molecule has 0 aromatic carbocycles. The van der Waals surface area contributed by atoms with Crippen LogP contribution in [-0.4, -0.2) is 26.3 Å². The highest BCUT2D eigenvalue weighted by atomic mass is 32.2. The molecule has 0 unspecified atom stereocenters. The molecule has 1 aliphatic rings. The molecule has 0 aliphatic carbocycles. The van der Waals surface area contributed by atoms with Crippen LogP contribution in [0, 0.1) is 0 Å². The molecule has 1 saturated heterocycles. The number of rotatable bonds is 2. The number of nitrogens with one attached hydrogen (secondary N) is 1. The molecule has 1 fully saturated rings. The van der Waals surface area contributed by atoms with E-state index in [-0.39, 0.29) is 11.0 Å². The molecule has 0 bridgehead atoms. The summed E-state index contributed by atoms with van der Waals surface area (Å²) in [6.45, 7) is 1.47. The Morgan fingerprint density at radius 2 is 2.20 bits per heavy atom. The van der Waals surface area contributed by atoms with Gasteiger partial charge in [-0.3, -0.25) is 24.1 Å². The fourth-order valence-corrected chi connectivity index (χ4v) is 2.60. The fourth-order valence-electron chi connectivity index (χ4n) is 1.92. The molecule has 0 radical (unpaired) electrons. The van der Waals surface area contributed by atoms with Crippen molar-refractivity contribution in [3.8, 4) is 0 Å². The monoisotopic (exact) mass is 287 g/mol. The quantitative estimate of drug-likeness (QED) is 0.673. The van der Waals surface area contributed by atoms with Gasteiger partial charge in [-0.05, 0) is 35.5 Å². The second-order valence-corrected chi connectivity index (χ2v) is 5.26. The minimum Gasteiger partial charge on any atom is -0.296 e. The van der Waals surface area contributed by atoms with Crippen LogP contribution < -0.4 is 5.32 Å². The summed E-state index contributed by atoms with van der Waals surface area (Å²) in [5.74, 6) is -0.497. The Bertz CT molecular complexity index is 791. The third kappa shape index (κ3) is 2.12. The zero-order valence-electron chi connectivity index (χ0n) is 10.4. The molecule has 100 valence electrons. The van der Waals surface area contributed by atoms with Gasteiger partial charge in [0.25, 0.3) is 11.1 Å². The van der Waals surface area contributed by atoms with Crippen LogP contribution in [0.4, 0.5) is 4.79 Å². The van der Waals surface area contributed by atoms with Crippen molar-refractivity contribution in [2.75, 3.05) is 0 Å². The van der Waals surface area contributed by atoms with Gasteiger partial charge in [0.2, 0.25) is 0 Å². The van der Waals surface area contributed by atoms with Crippen molar-refractivity contribution in [2.45, 2.75) is 6.92 Å². The van der Waals surface area contributed by atoms with E-state index in [1.165, 1.54) is 13.1 Å². The molecule has 0 spiro atoms. The van der Waals surface area contributed by atoms with Gasteiger partial charge in [0.1, 0.15) is 11.3 Å². The van der Waals surface area contributed by atoms with E-state index >= 15 is 0 Å².